The number of benzene rings is 10. The molecule has 0 saturated heterocycles. The Labute approximate surface area is 342 Å². The maximum atomic E-state index is 2.36. The van der Waals surface area contributed by atoms with Crippen molar-refractivity contribution in [2.75, 3.05) is 4.90 Å². The molecule has 0 aliphatic carbocycles. The number of fused-ring (bicyclic) bond motifs is 5. The van der Waals surface area contributed by atoms with Crippen LogP contribution in [0.4, 0.5) is 17.1 Å². The number of anilines is 3. The molecule has 1 heterocycles. The molecular weight excluding hydrogens is 719 g/mol. The highest BCUT2D eigenvalue weighted by Crippen LogP contribution is 2.40. The predicted octanol–water partition coefficient (Wildman–Crippen LogP) is 16.5. The van der Waals surface area contributed by atoms with Crippen LogP contribution in [0.3, 0.4) is 0 Å². The van der Waals surface area contributed by atoms with Crippen molar-refractivity contribution < 1.29 is 0 Å². The summed E-state index contributed by atoms with van der Waals surface area (Å²) in [5.74, 6) is 0. The van der Waals surface area contributed by atoms with Gasteiger partial charge in [0.1, 0.15) is 0 Å². The van der Waals surface area contributed by atoms with Crippen LogP contribution in [0.25, 0.3) is 86.2 Å². The van der Waals surface area contributed by atoms with Crippen LogP contribution < -0.4 is 4.90 Å². The van der Waals surface area contributed by atoms with E-state index in [1.165, 1.54) is 86.2 Å². The fourth-order valence-corrected chi connectivity index (χ4v) is 9.60. The Morgan fingerprint density at radius 3 is 1.38 bits per heavy atom. The van der Waals surface area contributed by atoms with Crippen LogP contribution in [0.2, 0.25) is 0 Å². The normalized spacial score (nSPS) is 11.4. The smallest absolute Gasteiger partial charge is 0.0462 e. The van der Waals surface area contributed by atoms with Gasteiger partial charge in [-0.2, -0.15) is 0 Å². The Morgan fingerprint density at radius 2 is 0.707 bits per heavy atom. The van der Waals surface area contributed by atoms with E-state index in [1.54, 1.807) is 0 Å². The first-order valence-corrected chi connectivity index (χ1v) is 20.6. The quantitative estimate of drug-likeness (QED) is 0.157. The number of rotatable bonds is 7. The van der Waals surface area contributed by atoms with Gasteiger partial charge in [0, 0.05) is 37.2 Å². The van der Waals surface area contributed by atoms with Crippen LogP contribution in [0.5, 0.6) is 0 Å². The zero-order valence-electron chi connectivity index (χ0n) is 31.7. The highest BCUT2D eigenvalue weighted by molar-refractivity contribution is 7.25. The topological polar surface area (TPSA) is 3.24 Å². The van der Waals surface area contributed by atoms with Gasteiger partial charge in [0.05, 0.1) is 0 Å². The highest BCUT2D eigenvalue weighted by atomic mass is 32.1. The number of nitrogens with zero attached hydrogens (tertiary/aromatic N) is 1. The Bertz CT molecular complexity index is 3240. The van der Waals surface area contributed by atoms with Gasteiger partial charge >= 0.3 is 0 Å². The van der Waals surface area contributed by atoms with Crippen molar-refractivity contribution in [3.8, 4) is 44.5 Å². The molecule has 0 fully saturated rings. The summed E-state index contributed by atoms with van der Waals surface area (Å²) >= 11 is 1.86. The summed E-state index contributed by atoms with van der Waals surface area (Å²) in [6.45, 7) is 0. The Balaban J connectivity index is 0.932. The van der Waals surface area contributed by atoms with Crippen LogP contribution >= 0.6 is 11.3 Å². The second-order valence-corrected chi connectivity index (χ2v) is 16.0. The third-order valence-corrected chi connectivity index (χ3v) is 12.6. The Kier molecular flexibility index (Phi) is 8.42. The molecule has 272 valence electrons. The molecule has 0 bridgehead atoms. The molecular formula is C56H37NS. The molecule has 11 rings (SSSR count). The van der Waals surface area contributed by atoms with E-state index in [4.69, 9.17) is 0 Å². The predicted molar refractivity (Wildman–Crippen MR) is 251 cm³/mol. The van der Waals surface area contributed by atoms with Crippen LogP contribution in [-0.2, 0) is 0 Å². The minimum Gasteiger partial charge on any atom is -0.311 e. The molecule has 10 aromatic carbocycles. The monoisotopic (exact) mass is 755 g/mol. The van der Waals surface area contributed by atoms with E-state index in [0.29, 0.717) is 0 Å². The Morgan fingerprint density at radius 1 is 0.259 bits per heavy atom. The van der Waals surface area contributed by atoms with Gasteiger partial charge in [-0.3, -0.25) is 0 Å². The second-order valence-electron chi connectivity index (χ2n) is 15.0. The average Bonchev–Trinajstić information content (AvgIpc) is 3.68. The first kappa shape index (κ1) is 34.0. The standard InChI is InChI=1S/C56H37NS/c1-2-10-45-36-46(21-18-38(45)8-1)41-24-31-49(32-25-41)57(50-33-26-42(27-34-50)47-28-35-54-53-13-5-6-15-55(53)58-56(54)37-47)48-29-22-40(23-30-48)39-16-19-44(20-17-39)52-14-7-11-43-9-3-4-12-51(43)52/h1-37H. The van der Waals surface area contributed by atoms with Crippen molar-refractivity contribution in [3.63, 3.8) is 0 Å². The van der Waals surface area contributed by atoms with E-state index in [2.05, 4.69) is 229 Å². The van der Waals surface area contributed by atoms with E-state index in [1.807, 2.05) is 11.3 Å². The summed E-state index contributed by atoms with van der Waals surface area (Å²) in [5.41, 5.74) is 13.0. The summed E-state index contributed by atoms with van der Waals surface area (Å²) in [7, 11) is 0. The zero-order chi connectivity index (χ0) is 38.4. The number of hydrogen-bond acceptors (Lipinski definition) is 2. The second kappa shape index (κ2) is 14.4. The maximum absolute atomic E-state index is 2.36. The third-order valence-electron chi connectivity index (χ3n) is 11.5. The molecule has 0 amide bonds. The third kappa shape index (κ3) is 6.21. The summed E-state index contributed by atoms with van der Waals surface area (Å²) < 4.78 is 2.65. The van der Waals surface area contributed by atoms with Crippen molar-refractivity contribution in [3.05, 3.63) is 224 Å². The van der Waals surface area contributed by atoms with Gasteiger partial charge in [-0.25, -0.2) is 0 Å². The zero-order valence-corrected chi connectivity index (χ0v) is 32.5. The fraction of sp³-hybridized carbons (Fsp3) is 0. The fourth-order valence-electron chi connectivity index (χ4n) is 8.45. The van der Waals surface area contributed by atoms with Gasteiger partial charge in [-0.1, -0.05) is 170 Å². The lowest BCUT2D eigenvalue weighted by atomic mass is 9.96. The lowest BCUT2D eigenvalue weighted by molar-refractivity contribution is 1.28. The molecule has 0 spiro atoms. The number of hydrogen-bond donors (Lipinski definition) is 0. The van der Waals surface area contributed by atoms with Crippen molar-refractivity contribution in [2.45, 2.75) is 0 Å². The first-order valence-electron chi connectivity index (χ1n) is 19.8. The molecule has 0 radical (unpaired) electrons. The molecule has 1 nitrogen and oxygen atoms in total. The van der Waals surface area contributed by atoms with Crippen molar-refractivity contribution in [1.82, 2.24) is 0 Å². The molecule has 0 atom stereocenters. The van der Waals surface area contributed by atoms with Crippen LogP contribution in [0.15, 0.2) is 224 Å². The average molecular weight is 756 g/mol. The van der Waals surface area contributed by atoms with Gasteiger partial charge in [0.15, 0.2) is 0 Å². The summed E-state index contributed by atoms with van der Waals surface area (Å²) in [6, 6.07) is 81.9. The van der Waals surface area contributed by atoms with Crippen molar-refractivity contribution in [2.24, 2.45) is 0 Å². The lowest BCUT2D eigenvalue weighted by Crippen LogP contribution is -2.09. The highest BCUT2D eigenvalue weighted by Gasteiger charge is 2.15. The van der Waals surface area contributed by atoms with Crippen molar-refractivity contribution in [1.29, 1.82) is 0 Å². The van der Waals surface area contributed by atoms with E-state index < -0.39 is 0 Å². The summed E-state index contributed by atoms with van der Waals surface area (Å²) in [4.78, 5) is 2.36. The largest absolute Gasteiger partial charge is 0.311 e. The lowest BCUT2D eigenvalue weighted by Gasteiger charge is -2.26. The van der Waals surface area contributed by atoms with Crippen LogP contribution in [0, 0.1) is 0 Å². The SMILES string of the molecule is c1ccc2cc(-c3ccc(N(c4ccc(-c5ccc(-c6cccc7ccccc67)cc5)cc4)c4ccc(-c5ccc6c(c5)sc5ccccc56)cc4)cc3)ccc2c1. The summed E-state index contributed by atoms with van der Waals surface area (Å²) in [6.07, 6.45) is 0. The Hall–Kier alpha value is -7.26. The molecule has 58 heavy (non-hydrogen) atoms. The molecule has 0 aliphatic heterocycles. The molecule has 0 saturated carbocycles. The molecule has 2 heteroatoms. The molecule has 11 aromatic rings. The van der Waals surface area contributed by atoms with E-state index >= 15 is 0 Å². The van der Waals surface area contributed by atoms with E-state index in [0.717, 1.165) is 17.1 Å². The first-order chi connectivity index (χ1) is 28.7. The molecule has 1 aromatic heterocycles. The van der Waals surface area contributed by atoms with Gasteiger partial charge in [0.2, 0.25) is 0 Å². The summed E-state index contributed by atoms with van der Waals surface area (Å²) in [5, 5.41) is 7.69. The van der Waals surface area contributed by atoms with Crippen LogP contribution in [0.1, 0.15) is 0 Å². The van der Waals surface area contributed by atoms with E-state index in [-0.39, 0.29) is 0 Å². The van der Waals surface area contributed by atoms with Crippen molar-refractivity contribution >= 4 is 70.1 Å². The van der Waals surface area contributed by atoms with E-state index in [9.17, 15) is 0 Å². The minimum absolute atomic E-state index is 1.11. The van der Waals surface area contributed by atoms with Gasteiger partial charge in [-0.15, -0.1) is 11.3 Å². The molecule has 0 unspecified atom stereocenters. The van der Waals surface area contributed by atoms with Gasteiger partial charge < -0.3 is 4.90 Å². The van der Waals surface area contributed by atoms with Gasteiger partial charge in [0.25, 0.3) is 0 Å². The van der Waals surface area contributed by atoms with Gasteiger partial charge in [-0.05, 0) is 121 Å². The minimum atomic E-state index is 1.11. The maximum Gasteiger partial charge on any atom is 0.0462 e. The van der Waals surface area contributed by atoms with Crippen LogP contribution in [-0.4, -0.2) is 0 Å². The molecule has 0 aliphatic rings. The molecule has 0 N–H and O–H groups in total. The number of thiophene rings is 1.